The van der Waals surface area contributed by atoms with E-state index in [0.717, 1.165) is 33.1 Å². The van der Waals surface area contributed by atoms with Gasteiger partial charge >= 0.3 is 66.1 Å². The molecule has 0 saturated heterocycles. The minimum Gasteiger partial charge on any atom is -1.00 e. The number of fused-ring (bicyclic) bond motifs is 2. The van der Waals surface area contributed by atoms with Gasteiger partial charge in [0.15, 0.2) is 11.3 Å². The van der Waals surface area contributed by atoms with E-state index >= 15 is 8.78 Å². The van der Waals surface area contributed by atoms with Crippen molar-refractivity contribution >= 4 is 22.9 Å². The van der Waals surface area contributed by atoms with Crippen LogP contribution in [0.3, 0.4) is 0 Å². The predicted molar refractivity (Wildman–Crippen MR) is 250 cm³/mol. The van der Waals surface area contributed by atoms with Gasteiger partial charge in [-0.3, -0.25) is 8.80 Å². The maximum atomic E-state index is 15.1. The molecular weight excluding hydrogens is 1170 g/mol. The Morgan fingerprint density at radius 2 is 0.841 bits per heavy atom. The standard InChI is InChI=1S/C25H14F8N4O3.C14H7ClF5N3O.C11H8F3NO2.Na.H/c26-23(27,28)20-18(34-21(39-20)15-4-2-1-3-5-15)13-38-24(29,30)22-36-35-19-11-8-16(12-37(19)22)14-6-9-17(10-7-14)40-25(31,32)33;15-13(16,17)12-22-21-11-6-3-9(7-23(11)12)8-1-4-10(5-2-8)24-14(18,19)20;12-11(13,14)9-8(6-16)15-10(17-9)7-4-2-1-3-5-7;;/h1-12H,13H2;1-7H;1-5,16H,6H2;;/q;;;+1;-1. The maximum Gasteiger partial charge on any atom is 1.00 e. The molecule has 1 N–H and O–H groups in total. The summed E-state index contributed by atoms with van der Waals surface area (Å²) in [4.78, 5) is 7.34. The SMILES string of the molecule is FC(F)(F)Oc1ccc(-c2ccc3nnc(C(F)(F)Cl)n3c2)cc1.FC(F)(F)Oc1ccc(-c2ccc3nnc(C(F)(F)OCc4nc(-c5ccccc5)oc4C(F)(F)F)n3c2)cc1.OCc1nc(-c2ccccc2)oc1C(F)(F)F.[H-].[Na+]. The predicted octanol–water partition coefficient (Wildman–Crippen LogP) is 11.8. The Hall–Kier alpha value is -7.77. The average molecular weight is 1200 g/mol. The number of hydrogen-bond acceptors (Lipinski definition) is 12. The normalized spacial score (nSPS) is 12.3. The first-order chi connectivity index (χ1) is 38.0. The van der Waals surface area contributed by atoms with Crippen LogP contribution < -0.4 is 39.0 Å². The zero-order chi connectivity index (χ0) is 58.7. The minimum atomic E-state index is -5.04. The fourth-order valence-corrected chi connectivity index (χ4v) is 7.33. The molecule has 6 heterocycles. The fourth-order valence-electron chi connectivity index (χ4n) is 7.20. The second-order valence-electron chi connectivity index (χ2n) is 16.3. The van der Waals surface area contributed by atoms with E-state index < -0.39 is 96.0 Å². The molecule has 32 heteroatoms. The van der Waals surface area contributed by atoms with Crippen LogP contribution in [0, 0.1) is 0 Å². The molecule has 82 heavy (non-hydrogen) atoms. The van der Waals surface area contributed by atoms with Gasteiger partial charge in [0.2, 0.25) is 35.0 Å². The Kier molecular flexibility index (Phi) is 18.4. The quantitative estimate of drug-likeness (QED) is 0.0702. The molecule has 0 unspecified atom stereocenters. The van der Waals surface area contributed by atoms with Gasteiger partial charge in [0, 0.05) is 23.5 Å². The van der Waals surface area contributed by atoms with Crippen LogP contribution in [0.15, 0.2) is 155 Å². The topological polar surface area (TPSA) is 160 Å². The Morgan fingerprint density at radius 1 is 0.463 bits per heavy atom. The van der Waals surface area contributed by atoms with Crippen molar-refractivity contribution in [2.75, 3.05) is 0 Å². The number of oxazole rings is 2. The van der Waals surface area contributed by atoms with Gasteiger partial charge in [-0.2, -0.15) is 43.9 Å². The molecule has 0 atom stereocenters. The molecule has 10 rings (SSSR count). The summed E-state index contributed by atoms with van der Waals surface area (Å²) in [5, 5.41) is 19.1. The van der Waals surface area contributed by atoms with Crippen LogP contribution in [0.4, 0.5) is 70.2 Å². The number of alkyl halides is 17. The maximum absolute atomic E-state index is 15.1. The van der Waals surface area contributed by atoms with E-state index in [-0.39, 0.29) is 65.0 Å². The molecule has 0 aliphatic rings. The first-order valence-electron chi connectivity index (χ1n) is 22.3. The van der Waals surface area contributed by atoms with Crippen LogP contribution in [0.25, 0.3) is 56.5 Å². The Morgan fingerprint density at radius 3 is 1.22 bits per heavy atom. The van der Waals surface area contributed by atoms with Crippen LogP contribution >= 0.6 is 11.6 Å². The largest absolute Gasteiger partial charge is 1.00 e. The summed E-state index contributed by atoms with van der Waals surface area (Å²) in [5.41, 5.74) is 0.897. The molecule has 0 bridgehead atoms. The third-order valence-electron chi connectivity index (χ3n) is 10.7. The van der Waals surface area contributed by atoms with Gasteiger partial charge in [0.05, 0.1) is 13.2 Å². The number of benzene rings is 4. The summed E-state index contributed by atoms with van der Waals surface area (Å²) >= 11 is 4.98. The van der Waals surface area contributed by atoms with Gasteiger partial charge in [-0.05, 0) is 107 Å². The summed E-state index contributed by atoms with van der Waals surface area (Å²) in [5.74, 6) is -6.10. The Balaban J connectivity index is 0.000000218. The van der Waals surface area contributed by atoms with Gasteiger partial charge in [-0.25, -0.2) is 9.97 Å². The van der Waals surface area contributed by atoms with E-state index in [9.17, 15) is 61.5 Å². The van der Waals surface area contributed by atoms with E-state index in [2.05, 4.69) is 49.0 Å². The summed E-state index contributed by atoms with van der Waals surface area (Å²) in [6.45, 7) is -2.10. The van der Waals surface area contributed by atoms with Gasteiger partial charge in [-0.1, -0.05) is 60.7 Å². The summed E-state index contributed by atoms with van der Waals surface area (Å²) in [6.07, 6.45) is -21.1. The number of aliphatic hydroxyl groups is 1. The van der Waals surface area contributed by atoms with Gasteiger partial charge in [-0.15, -0.1) is 46.7 Å². The molecule has 0 aliphatic heterocycles. The van der Waals surface area contributed by atoms with E-state index in [0.29, 0.717) is 22.3 Å². The smallest absolute Gasteiger partial charge is 1.00 e. The number of ether oxygens (including phenoxy) is 3. The number of hydrogen-bond donors (Lipinski definition) is 1. The zero-order valence-electron chi connectivity index (χ0n) is 41.8. The van der Waals surface area contributed by atoms with E-state index in [4.69, 9.17) is 21.1 Å². The molecule has 426 valence electrons. The van der Waals surface area contributed by atoms with Gasteiger partial charge in [0.25, 0.3) is 0 Å². The van der Waals surface area contributed by atoms with Crippen LogP contribution in [0.1, 0.15) is 36.0 Å². The number of rotatable bonds is 12. The van der Waals surface area contributed by atoms with Crippen LogP contribution in [-0.2, 0) is 41.8 Å². The number of nitrogens with zero attached hydrogens (tertiary/aromatic N) is 8. The second kappa shape index (κ2) is 24.4. The van der Waals surface area contributed by atoms with Crippen molar-refractivity contribution < 1.29 is 129 Å². The van der Waals surface area contributed by atoms with Crippen LogP contribution in [-0.4, -0.2) is 57.0 Å². The van der Waals surface area contributed by atoms with E-state index in [1.807, 2.05) is 0 Å². The molecular formula is C50H30ClF16N8NaO6. The van der Waals surface area contributed by atoms with Crippen molar-refractivity contribution in [1.82, 2.24) is 39.2 Å². The number of pyridine rings is 2. The first-order valence-corrected chi connectivity index (χ1v) is 22.7. The number of aliphatic hydroxyl groups excluding tert-OH is 1. The molecule has 0 fully saturated rings. The fraction of sp³-hybridized carbons (Fsp3) is 0.160. The van der Waals surface area contributed by atoms with Crippen molar-refractivity contribution in [3.05, 3.63) is 180 Å². The second-order valence-corrected chi connectivity index (χ2v) is 16.7. The summed E-state index contributed by atoms with van der Waals surface area (Å²) < 4.78 is 232. The van der Waals surface area contributed by atoms with Gasteiger partial charge < -0.3 is 29.6 Å². The summed E-state index contributed by atoms with van der Waals surface area (Å²) in [6, 6.07) is 31.1. The van der Waals surface area contributed by atoms with E-state index in [1.165, 1.54) is 79.1 Å². The van der Waals surface area contributed by atoms with Crippen LogP contribution in [0.5, 0.6) is 11.5 Å². The summed E-state index contributed by atoms with van der Waals surface area (Å²) in [7, 11) is 0. The molecule has 6 aromatic heterocycles. The van der Waals surface area contributed by atoms with Crippen molar-refractivity contribution in [1.29, 1.82) is 0 Å². The van der Waals surface area contributed by atoms with Crippen molar-refractivity contribution in [2.24, 2.45) is 0 Å². The molecule has 0 saturated carbocycles. The van der Waals surface area contributed by atoms with Crippen molar-refractivity contribution in [2.45, 2.75) is 49.8 Å². The Labute approximate surface area is 476 Å². The van der Waals surface area contributed by atoms with Crippen molar-refractivity contribution in [3.63, 3.8) is 0 Å². The Bertz CT molecular complexity index is 3750. The third kappa shape index (κ3) is 15.4. The molecule has 0 amide bonds. The third-order valence-corrected chi connectivity index (χ3v) is 10.8. The number of halogens is 17. The first kappa shape index (κ1) is 61.8. The molecule has 0 spiro atoms. The minimum absolute atomic E-state index is 0. The van der Waals surface area contributed by atoms with Crippen LogP contribution in [0.2, 0.25) is 0 Å². The average Bonchev–Trinajstić information content (AvgIpc) is 4.46. The van der Waals surface area contributed by atoms with Gasteiger partial charge in [0.1, 0.15) is 22.9 Å². The molecule has 14 nitrogen and oxygen atoms in total. The van der Waals surface area contributed by atoms with E-state index in [1.54, 1.807) is 42.5 Å². The molecule has 0 aliphatic carbocycles. The molecule has 10 aromatic rings. The van der Waals surface area contributed by atoms with Crippen molar-refractivity contribution in [3.8, 4) is 56.7 Å². The molecule has 4 aromatic carbocycles. The molecule has 0 radical (unpaired) electrons. The number of aromatic nitrogens is 8. The zero-order valence-corrected chi connectivity index (χ0v) is 43.5. The monoisotopic (exact) mass is 1200 g/mol.